The second-order valence-corrected chi connectivity index (χ2v) is 6.00. The Kier molecular flexibility index (Phi) is 5.16. The van der Waals surface area contributed by atoms with Gasteiger partial charge in [-0.05, 0) is 37.1 Å². The fourth-order valence-corrected chi connectivity index (χ4v) is 2.97. The first-order valence-corrected chi connectivity index (χ1v) is 7.93. The van der Waals surface area contributed by atoms with Crippen molar-refractivity contribution in [1.82, 2.24) is 25.1 Å². The minimum absolute atomic E-state index is 0.0515. The van der Waals surface area contributed by atoms with E-state index in [1.807, 2.05) is 6.92 Å². The second-order valence-electron chi connectivity index (χ2n) is 5.05. The lowest BCUT2D eigenvalue weighted by atomic mass is 10.2. The van der Waals surface area contributed by atoms with E-state index in [0.717, 1.165) is 12.8 Å². The van der Waals surface area contributed by atoms with Crippen molar-refractivity contribution in [2.45, 2.75) is 50.4 Å². The fraction of sp³-hybridized carbons (Fsp3) is 0.750. The summed E-state index contributed by atoms with van der Waals surface area (Å²) in [7, 11) is 0. The molecule has 0 aliphatic heterocycles. The zero-order valence-electron chi connectivity index (χ0n) is 12.1. The Morgan fingerprint density at radius 1 is 1.52 bits per heavy atom. The minimum Gasteiger partial charge on any atom is -0.481 e. The van der Waals surface area contributed by atoms with Gasteiger partial charge >= 0.3 is 5.97 Å². The van der Waals surface area contributed by atoms with Crippen molar-refractivity contribution in [3.8, 4) is 0 Å². The normalized spacial score (nSPS) is 15.7. The van der Waals surface area contributed by atoms with Gasteiger partial charge in [-0.1, -0.05) is 11.8 Å². The predicted molar refractivity (Wildman–Crippen MR) is 75.9 cm³/mol. The third-order valence-corrected chi connectivity index (χ3v) is 4.26. The van der Waals surface area contributed by atoms with Crippen molar-refractivity contribution >= 4 is 23.6 Å². The van der Waals surface area contributed by atoms with E-state index in [4.69, 9.17) is 5.11 Å². The van der Waals surface area contributed by atoms with Gasteiger partial charge < -0.3 is 10.0 Å². The first-order valence-electron chi connectivity index (χ1n) is 6.94. The maximum Gasteiger partial charge on any atom is 0.305 e. The predicted octanol–water partition coefficient (Wildman–Crippen LogP) is 0.812. The number of carbonyl (C=O) groups excluding carboxylic acids is 1. The van der Waals surface area contributed by atoms with E-state index in [0.29, 0.717) is 17.7 Å². The molecule has 1 aliphatic carbocycles. The third kappa shape index (κ3) is 4.16. The van der Waals surface area contributed by atoms with Gasteiger partial charge in [0, 0.05) is 12.6 Å². The first-order chi connectivity index (χ1) is 10.0. The molecule has 1 heterocycles. The molecule has 9 heteroatoms. The van der Waals surface area contributed by atoms with Crippen LogP contribution in [0, 0.1) is 0 Å². The van der Waals surface area contributed by atoms with E-state index in [9.17, 15) is 9.59 Å². The Balaban J connectivity index is 1.90. The van der Waals surface area contributed by atoms with Crippen LogP contribution in [0.15, 0.2) is 5.16 Å². The lowest BCUT2D eigenvalue weighted by molar-refractivity contribution is -0.139. The molecule has 2 rings (SSSR count). The average Bonchev–Trinajstić information content (AvgIpc) is 3.15. The maximum atomic E-state index is 12.2. The van der Waals surface area contributed by atoms with Gasteiger partial charge in [0.15, 0.2) is 0 Å². The highest BCUT2D eigenvalue weighted by Crippen LogP contribution is 2.36. The highest BCUT2D eigenvalue weighted by Gasteiger charge is 2.28. The van der Waals surface area contributed by atoms with E-state index in [1.54, 1.807) is 16.5 Å². The molecule has 1 aliphatic rings. The zero-order chi connectivity index (χ0) is 15.4. The average molecular weight is 313 g/mol. The molecule has 1 amide bonds. The molecule has 1 aromatic rings. The summed E-state index contributed by atoms with van der Waals surface area (Å²) >= 11 is 1.30. The fourth-order valence-electron chi connectivity index (χ4n) is 2.13. The van der Waals surface area contributed by atoms with Crippen LogP contribution in [-0.4, -0.2) is 60.4 Å². The van der Waals surface area contributed by atoms with Gasteiger partial charge in [0.2, 0.25) is 11.1 Å². The molecule has 0 saturated heterocycles. The molecule has 1 saturated carbocycles. The van der Waals surface area contributed by atoms with Gasteiger partial charge in [-0.3, -0.25) is 9.59 Å². The van der Waals surface area contributed by atoms with Crippen LogP contribution in [0.25, 0.3) is 0 Å². The van der Waals surface area contributed by atoms with Gasteiger partial charge in [-0.15, -0.1) is 5.10 Å². The number of hydrogen-bond acceptors (Lipinski definition) is 6. The molecule has 0 spiro atoms. The Morgan fingerprint density at radius 3 is 2.81 bits per heavy atom. The van der Waals surface area contributed by atoms with Crippen LogP contribution >= 0.6 is 11.8 Å². The number of thioether (sulfide) groups is 1. The quantitative estimate of drug-likeness (QED) is 0.709. The van der Waals surface area contributed by atoms with Crippen LogP contribution in [0.3, 0.4) is 0 Å². The zero-order valence-corrected chi connectivity index (χ0v) is 12.9. The molecule has 1 unspecified atom stereocenters. The SMILES string of the molecule is CCN(C(=O)CSc1nnnn1C1CC1)C(C)CC(=O)O. The van der Waals surface area contributed by atoms with Crippen LogP contribution in [0.1, 0.15) is 39.2 Å². The Hall–Kier alpha value is -1.64. The summed E-state index contributed by atoms with van der Waals surface area (Å²) in [4.78, 5) is 24.6. The molecule has 1 N–H and O–H groups in total. The second kappa shape index (κ2) is 6.88. The van der Waals surface area contributed by atoms with Crippen LogP contribution in [0.4, 0.5) is 0 Å². The summed E-state index contributed by atoms with van der Waals surface area (Å²) in [5.41, 5.74) is 0. The van der Waals surface area contributed by atoms with Crippen molar-refractivity contribution < 1.29 is 14.7 Å². The molecule has 21 heavy (non-hydrogen) atoms. The number of rotatable bonds is 8. The molecule has 116 valence electrons. The molecular formula is C12H19N5O3S. The molecule has 0 bridgehead atoms. The van der Waals surface area contributed by atoms with Crippen LogP contribution < -0.4 is 0 Å². The molecule has 1 fully saturated rings. The number of nitrogens with zero attached hydrogens (tertiary/aromatic N) is 5. The number of aliphatic carboxylic acids is 1. The number of amides is 1. The van der Waals surface area contributed by atoms with Gasteiger partial charge in [0.25, 0.3) is 0 Å². The van der Waals surface area contributed by atoms with E-state index in [2.05, 4.69) is 15.5 Å². The van der Waals surface area contributed by atoms with Crippen molar-refractivity contribution in [2.24, 2.45) is 0 Å². The van der Waals surface area contributed by atoms with Crippen molar-refractivity contribution in [2.75, 3.05) is 12.3 Å². The number of carbonyl (C=O) groups is 2. The molecule has 0 aromatic carbocycles. The summed E-state index contributed by atoms with van der Waals surface area (Å²) in [5, 5.41) is 21.0. The smallest absolute Gasteiger partial charge is 0.305 e. The minimum atomic E-state index is -0.904. The summed E-state index contributed by atoms with van der Waals surface area (Å²) < 4.78 is 1.76. The lowest BCUT2D eigenvalue weighted by Crippen LogP contribution is -2.40. The van der Waals surface area contributed by atoms with Gasteiger partial charge in [0.1, 0.15) is 0 Å². The Bertz CT molecular complexity index is 517. The third-order valence-electron chi connectivity index (χ3n) is 3.34. The van der Waals surface area contributed by atoms with E-state index in [-0.39, 0.29) is 24.1 Å². The molecule has 0 radical (unpaired) electrons. The van der Waals surface area contributed by atoms with Crippen molar-refractivity contribution in [3.63, 3.8) is 0 Å². The standard InChI is InChI=1S/C12H19N5O3S/c1-3-16(8(2)6-11(19)20)10(18)7-21-12-13-14-15-17(12)9-4-5-9/h8-9H,3-7H2,1-2H3,(H,19,20). The monoisotopic (exact) mass is 313 g/mol. The number of hydrogen-bond donors (Lipinski definition) is 1. The maximum absolute atomic E-state index is 12.2. The number of carboxylic acid groups (broad SMARTS) is 1. The van der Waals surface area contributed by atoms with Crippen molar-refractivity contribution in [1.29, 1.82) is 0 Å². The summed E-state index contributed by atoms with van der Waals surface area (Å²) in [6, 6.07) is 0.0471. The van der Waals surface area contributed by atoms with Gasteiger partial charge in [-0.25, -0.2) is 4.68 Å². The lowest BCUT2D eigenvalue weighted by Gasteiger charge is -2.26. The Labute approximate surface area is 126 Å². The summed E-state index contributed by atoms with van der Waals surface area (Å²) in [6.07, 6.45) is 2.09. The largest absolute Gasteiger partial charge is 0.481 e. The molecular weight excluding hydrogens is 294 g/mol. The van der Waals surface area contributed by atoms with Gasteiger partial charge in [-0.2, -0.15) is 0 Å². The number of carboxylic acids is 1. The van der Waals surface area contributed by atoms with E-state index in [1.165, 1.54) is 11.8 Å². The molecule has 1 aromatic heterocycles. The number of tetrazole rings is 1. The first kappa shape index (κ1) is 15.7. The summed E-state index contributed by atoms with van der Waals surface area (Å²) in [6.45, 7) is 4.07. The number of aromatic nitrogens is 4. The van der Waals surface area contributed by atoms with Crippen molar-refractivity contribution in [3.05, 3.63) is 0 Å². The van der Waals surface area contributed by atoms with Gasteiger partial charge in [0.05, 0.1) is 18.2 Å². The van der Waals surface area contributed by atoms with Crippen LogP contribution in [0.5, 0.6) is 0 Å². The summed E-state index contributed by atoms with van der Waals surface area (Å²) in [5.74, 6) is -0.786. The van der Waals surface area contributed by atoms with Crippen LogP contribution in [0.2, 0.25) is 0 Å². The highest BCUT2D eigenvalue weighted by atomic mass is 32.2. The van der Waals surface area contributed by atoms with E-state index < -0.39 is 5.97 Å². The highest BCUT2D eigenvalue weighted by molar-refractivity contribution is 7.99. The molecule has 1 atom stereocenters. The van der Waals surface area contributed by atoms with E-state index >= 15 is 0 Å². The van der Waals surface area contributed by atoms with Crippen LogP contribution in [-0.2, 0) is 9.59 Å². The Morgan fingerprint density at radius 2 is 2.24 bits per heavy atom. The molecule has 8 nitrogen and oxygen atoms in total. The topological polar surface area (TPSA) is 101 Å².